The molecule has 7 nitrogen and oxygen atoms in total. The van der Waals surface area contributed by atoms with Gasteiger partial charge in [-0.05, 0) is 55.8 Å². The maximum atomic E-state index is 9.68. The first kappa shape index (κ1) is 19.4. The summed E-state index contributed by atoms with van der Waals surface area (Å²) >= 11 is 6.00. The van der Waals surface area contributed by atoms with E-state index >= 15 is 0 Å². The second kappa shape index (κ2) is 7.71. The number of halogens is 1. The molecular weight excluding hydrogens is 374 g/mol. The van der Waals surface area contributed by atoms with Crippen molar-refractivity contribution in [3.63, 3.8) is 0 Å². The molecule has 142 valence electrons. The number of nitrogen functional groups attached to an aromatic ring is 1. The molecule has 0 spiro atoms. The lowest BCUT2D eigenvalue weighted by atomic mass is 10.1. The zero-order valence-electron chi connectivity index (χ0n) is 16.1. The number of rotatable bonds is 4. The number of nitrogens with two attached hydrogens (primary N) is 1. The summed E-state index contributed by atoms with van der Waals surface area (Å²) in [5.41, 5.74) is 10.0. The van der Waals surface area contributed by atoms with E-state index in [9.17, 15) is 5.26 Å². The van der Waals surface area contributed by atoms with E-state index in [0.29, 0.717) is 16.5 Å². The fourth-order valence-electron chi connectivity index (χ4n) is 2.92. The Bertz CT molecular complexity index is 1090. The van der Waals surface area contributed by atoms with Crippen molar-refractivity contribution >= 4 is 35.1 Å². The Labute approximate surface area is 168 Å². The van der Waals surface area contributed by atoms with Crippen molar-refractivity contribution in [2.45, 2.75) is 13.8 Å². The highest BCUT2D eigenvalue weighted by molar-refractivity contribution is 6.30. The summed E-state index contributed by atoms with van der Waals surface area (Å²) < 4.78 is 2.10. The van der Waals surface area contributed by atoms with Crippen LogP contribution in [0.15, 0.2) is 30.3 Å². The molecule has 3 aromatic rings. The molecule has 2 heterocycles. The highest BCUT2D eigenvalue weighted by Crippen LogP contribution is 2.25. The van der Waals surface area contributed by atoms with Crippen LogP contribution in [0.3, 0.4) is 0 Å². The van der Waals surface area contributed by atoms with Gasteiger partial charge in [0.1, 0.15) is 6.07 Å². The predicted octanol–water partition coefficient (Wildman–Crippen LogP) is 3.64. The molecule has 0 bridgehead atoms. The molecule has 0 saturated heterocycles. The largest absolute Gasteiger partial charge is 0.368 e. The average Bonchev–Trinajstić information content (AvgIpc) is 2.93. The lowest BCUT2D eigenvalue weighted by Gasteiger charge is -2.11. The topological polar surface area (TPSA) is 96.7 Å². The van der Waals surface area contributed by atoms with Crippen molar-refractivity contribution < 1.29 is 0 Å². The van der Waals surface area contributed by atoms with E-state index in [2.05, 4.69) is 25.6 Å². The van der Waals surface area contributed by atoms with Gasteiger partial charge in [-0.1, -0.05) is 11.6 Å². The highest BCUT2D eigenvalue weighted by Gasteiger charge is 2.14. The number of hydrogen-bond acceptors (Lipinski definition) is 6. The van der Waals surface area contributed by atoms with Crippen LogP contribution < -0.4 is 10.6 Å². The molecule has 0 atom stereocenters. The normalized spacial score (nSPS) is 11.4. The summed E-state index contributed by atoms with van der Waals surface area (Å²) in [6, 6.07) is 11.8. The zero-order chi connectivity index (χ0) is 20.4. The van der Waals surface area contributed by atoms with Crippen molar-refractivity contribution in [3.05, 3.63) is 58.1 Å². The quantitative estimate of drug-likeness (QED) is 0.679. The van der Waals surface area contributed by atoms with Crippen molar-refractivity contribution in [2.75, 3.05) is 24.7 Å². The summed E-state index contributed by atoms with van der Waals surface area (Å²) in [7, 11) is 3.60. The monoisotopic (exact) mass is 393 g/mol. The Kier molecular flexibility index (Phi) is 5.34. The van der Waals surface area contributed by atoms with Crippen LogP contribution >= 0.6 is 11.6 Å². The minimum absolute atomic E-state index is 0.0708. The first-order valence-electron chi connectivity index (χ1n) is 8.56. The maximum Gasteiger partial charge on any atom is 0.230 e. The molecule has 0 radical (unpaired) electrons. The Balaban J connectivity index is 2.09. The molecule has 0 unspecified atom stereocenters. The van der Waals surface area contributed by atoms with Gasteiger partial charge in [-0.2, -0.15) is 20.2 Å². The molecule has 0 aliphatic rings. The molecule has 1 aromatic carbocycles. The Morgan fingerprint density at radius 2 is 1.86 bits per heavy atom. The number of hydrogen-bond donors (Lipinski definition) is 1. The number of allylic oxidation sites excluding steroid dienone is 1. The van der Waals surface area contributed by atoms with Gasteiger partial charge < -0.3 is 15.2 Å². The van der Waals surface area contributed by atoms with E-state index in [-0.39, 0.29) is 11.8 Å². The number of anilines is 2. The SMILES string of the molecule is Cc1cc(/C=C(\C#N)c2nc(N)nc(N(C)C)n2)c(C)n1-c1ccc(Cl)cc1. The summed E-state index contributed by atoms with van der Waals surface area (Å²) in [5.74, 6) is 0.715. The van der Waals surface area contributed by atoms with Crippen molar-refractivity contribution in [1.29, 1.82) is 5.26 Å². The van der Waals surface area contributed by atoms with Crippen LogP contribution in [0.25, 0.3) is 17.3 Å². The number of aryl methyl sites for hydroxylation is 1. The van der Waals surface area contributed by atoms with Gasteiger partial charge in [0.25, 0.3) is 0 Å². The van der Waals surface area contributed by atoms with Crippen LogP contribution in [-0.4, -0.2) is 33.6 Å². The van der Waals surface area contributed by atoms with Crippen LogP contribution in [0.2, 0.25) is 5.02 Å². The van der Waals surface area contributed by atoms with Gasteiger partial charge >= 0.3 is 0 Å². The summed E-state index contributed by atoms with van der Waals surface area (Å²) in [6.07, 6.45) is 1.77. The highest BCUT2D eigenvalue weighted by atomic mass is 35.5. The number of benzene rings is 1. The fraction of sp³-hybridized carbons (Fsp3) is 0.200. The summed E-state index contributed by atoms with van der Waals surface area (Å²) in [5, 5.41) is 10.4. The third-order valence-corrected chi connectivity index (χ3v) is 4.51. The van der Waals surface area contributed by atoms with Crippen molar-refractivity contribution in [3.8, 4) is 11.8 Å². The Hall–Kier alpha value is -3.37. The molecule has 3 rings (SSSR count). The molecule has 28 heavy (non-hydrogen) atoms. The third-order valence-electron chi connectivity index (χ3n) is 4.26. The van der Waals surface area contributed by atoms with E-state index in [1.165, 1.54) is 0 Å². The molecule has 8 heteroatoms. The van der Waals surface area contributed by atoms with E-state index in [1.54, 1.807) is 25.1 Å². The molecule has 0 fully saturated rings. The van der Waals surface area contributed by atoms with Gasteiger partial charge in [0.15, 0.2) is 5.82 Å². The van der Waals surface area contributed by atoms with Gasteiger partial charge in [0, 0.05) is 36.2 Å². The molecule has 2 N–H and O–H groups in total. The second-order valence-electron chi connectivity index (χ2n) is 6.52. The molecule has 2 aromatic heterocycles. The number of nitrogens with zero attached hydrogens (tertiary/aromatic N) is 6. The van der Waals surface area contributed by atoms with Crippen LogP contribution in [0.4, 0.5) is 11.9 Å². The van der Waals surface area contributed by atoms with Crippen LogP contribution in [0.1, 0.15) is 22.8 Å². The Morgan fingerprint density at radius 3 is 2.46 bits per heavy atom. The van der Waals surface area contributed by atoms with E-state index in [4.69, 9.17) is 17.3 Å². The average molecular weight is 394 g/mol. The van der Waals surface area contributed by atoms with Gasteiger partial charge in [0.2, 0.25) is 11.9 Å². The molecule has 0 amide bonds. The molecule has 0 saturated carbocycles. The molecular formula is C20H20ClN7. The fourth-order valence-corrected chi connectivity index (χ4v) is 3.05. The second-order valence-corrected chi connectivity index (χ2v) is 6.96. The van der Waals surface area contributed by atoms with E-state index in [1.807, 2.05) is 44.2 Å². The first-order valence-corrected chi connectivity index (χ1v) is 8.94. The number of aromatic nitrogens is 4. The minimum atomic E-state index is 0.0708. The Morgan fingerprint density at radius 1 is 1.18 bits per heavy atom. The lowest BCUT2D eigenvalue weighted by molar-refractivity contribution is 0.951. The van der Waals surface area contributed by atoms with Crippen LogP contribution in [-0.2, 0) is 0 Å². The molecule has 0 aliphatic heterocycles. The van der Waals surface area contributed by atoms with Gasteiger partial charge in [0.05, 0.1) is 5.57 Å². The minimum Gasteiger partial charge on any atom is -0.368 e. The standard InChI is InChI=1S/C20H20ClN7/c1-12-9-14(13(2)28(12)17-7-5-16(21)6-8-17)10-15(11-22)18-24-19(23)26-20(25-18)27(3)4/h5-10H,1-4H3,(H2,23,24,25,26)/b15-10+. The van der Waals surface area contributed by atoms with E-state index < -0.39 is 0 Å². The summed E-state index contributed by atoms with van der Waals surface area (Å²) in [6.45, 7) is 4.01. The number of nitriles is 1. The van der Waals surface area contributed by atoms with Crippen molar-refractivity contribution in [1.82, 2.24) is 19.5 Å². The maximum absolute atomic E-state index is 9.68. The van der Waals surface area contributed by atoms with E-state index in [0.717, 1.165) is 22.6 Å². The van der Waals surface area contributed by atoms with Gasteiger partial charge in [-0.15, -0.1) is 0 Å². The summed E-state index contributed by atoms with van der Waals surface area (Å²) in [4.78, 5) is 14.2. The predicted molar refractivity (Wildman–Crippen MR) is 112 cm³/mol. The van der Waals surface area contributed by atoms with Crippen LogP contribution in [0, 0.1) is 25.2 Å². The zero-order valence-corrected chi connectivity index (χ0v) is 16.9. The van der Waals surface area contributed by atoms with Gasteiger partial charge in [-0.3, -0.25) is 0 Å². The lowest BCUT2D eigenvalue weighted by Crippen LogP contribution is -2.15. The molecule has 0 aliphatic carbocycles. The van der Waals surface area contributed by atoms with Crippen molar-refractivity contribution in [2.24, 2.45) is 0 Å². The first-order chi connectivity index (χ1) is 13.3. The smallest absolute Gasteiger partial charge is 0.230 e. The third kappa shape index (κ3) is 3.82. The van der Waals surface area contributed by atoms with Crippen LogP contribution in [0.5, 0.6) is 0 Å². The van der Waals surface area contributed by atoms with Gasteiger partial charge in [-0.25, -0.2) is 0 Å².